The monoisotopic (exact) mass is 553 g/mol. The van der Waals surface area contributed by atoms with Gasteiger partial charge in [-0.2, -0.15) is 0 Å². The predicted molar refractivity (Wildman–Crippen MR) is 148 cm³/mol. The van der Waals surface area contributed by atoms with Crippen molar-refractivity contribution in [2.24, 2.45) is 5.92 Å². The van der Waals surface area contributed by atoms with Crippen molar-refractivity contribution in [3.63, 3.8) is 0 Å². The van der Waals surface area contributed by atoms with E-state index < -0.39 is 9.84 Å². The fraction of sp³-hybridized carbons (Fsp3) is 0.536. The van der Waals surface area contributed by atoms with Crippen molar-refractivity contribution in [3.05, 3.63) is 35.7 Å². The van der Waals surface area contributed by atoms with E-state index in [0.717, 1.165) is 62.8 Å². The maximum atomic E-state index is 12.9. The Bertz CT molecular complexity index is 1500. The molecule has 0 bridgehead atoms. The zero-order valence-electron chi connectivity index (χ0n) is 22.4. The highest BCUT2D eigenvalue weighted by Gasteiger charge is 2.31. The van der Waals surface area contributed by atoms with Crippen LogP contribution < -0.4 is 10.6 Å². The Morgan fingerprint density at radius 3 is 2.41 bits per heavy atom. The fourth-order valence-corrected chi connectivity index (χ4v) is 6.34. The number of carbonyl (C=O) groups is 1. The van der Waals surface area contributed by atoms with Crippen LogP contribution in [0.15, 0.2) is 29.2 Å². The van der Waals surface area contributed by atoms with E-state index in [-0.39, 0.29) is 29.1 Å². The number of nitrogens with zero attached hydrogens (tertiary/aromatic N) is 3. The lowest BCUT2D eigenvalue weighted by Crippen LogP contribution is -2.20. The number of fused-ring (bicyclic) bond motifs is 1. The van der Waals surface area contributed by atoms with Gasteiger partial charge in [-0.05, 0) is 76.0 Å². The maximum absolute atomic E-state index is 12.9. The smallest absolute Gasteiger partial charge is 0.228 e. The molecule has 11 heteroatoms. The van der Waals surface area contributed by atoms with E-state index >= 15 is 0 Å². The number of ether oxygens (including phenoxy) is 2. The number of aryl methyl sites for hydroxylation is 1. The first kappa shape index (κ1) is 26.2. The molecule has 3 aliphatic rings. The number of aromatic nitrogens is 3. The van der Waals surface area contributed by atoms with Gasteiger partial charge in [0.25, 0.3) is 0 Å². The molecule has 10 nitrogen and oxygen atoms in total. The van der Waals surface area contributed by atoms with Crippen molar-refractivity contribution in [2.75, 3.05) is 30.1 Å². The first-order chi connectivity index (χ1) is 18.8. The molecule has 1 saturated carbocycles. The zero-order valence-corrected chi connectivity index (χ0v) is 23.2. The number of hydrogen-bond acceptors (Lipinski definition) is 8. The van der Waals surface area contributed by atoms with Gasteiger partial charge in [-0.15, -0.1) is 0 Å². The summed E-state index contributed by atoms with van der Waals surface area (Å²) < 4.78 is 39.8. The van der Waals surface area contributed by atoms with Crippen LogP contribution >= 0.6 is 0 Å². The number of imidazole rings is 1. The average Bonchev–Trinajstić information content (AvgIpc) is 3.72. The van der Waals surface area contributed by atoms with Crippen LogP contribution in [0.4, 0.5) is 17.2 Å². The predicted octanol–water partition coefficient (Wildman–Crippen LogP) is 5.18. The molecule has 208 valence electrons. The largest absolute Gasteiger partial charge is 0.374 e. The summed E-state index contributed by atoms with van der Waals surface area (Å²) in [6, 6.07) is 7.14. The van der Waals surface area contributed by atoms with E-state index in [1.807, 2.05) is 17.6 Å². The quantitative estimate of drug-likeness (QED) is 0.410. The Morgan fingerprint density at radius 2 is 1.74 bits per heavy atom. The van der Waals surface area contributed by atoms with Crippen LogP contribution in [0.25, 0.3) is 11.2 Å². The van der Waals surface area contributed by atoms with Crippen molar-refractivity contribution >= 4 is 44.1 Å². The molecule has 0 radical (unpaired) electrons. The van der Waals surface area contributed by atoms with Gasteiger partial charge < -0.3 is 20.1 Å². The SMILES string of the molecule is Cc1nc2c(Nc3ccc(C4CCCCO4)cc3S(C)(=O)=O)cc(NC(=O)C3CC3)nc2n1C1CCCCO1. The summed E-state index contributed by atoms with van der Waals surface area (Å²) in [5.41, 5.74) is 3.03. The van der Waals surface area contributed by atoms with Crippen LogP contribution in [0, 0.1) is 12.8 Å². The molecule has 1 amide bonds. The summed E-state index contributed by atoms with van der Waals surface area (Å²) in [6.45, 7) is 3.25. The molecule has 2 N–H and O–H groups in total. The van der Waals surface area contributed by atoms with Crippen LogP contribution in [0.1, 0.15) is 75.1 Å². The molecule has 1 aromatic carbocycles. The molecule has 39 heavy (non-hydrogen) atoms. The summed E-state index contributed by atoms with van der Waals surface area (Å²) in [5.74, 6) is 1.09. The summed E-state index contributed by atoms with van der Waals surface area (Å²) in [4.78, 5) is 22.4. The molecule has 2 saturated heterocycles. The fourth-order valence-electron chi connectivity index (χ4n) is 5.48. The van der Waals surface area contributed by atoms with E-state index in [1.165, 1.54) is 6.26 Å². The molecule has 2 atom stereocenters. The third-order valence-electron chi connectivity index (χ3n) is 7.69. The second-order valence-corrected chi connectivity index (χ2v) is 12.8. The third kappa shape index (κ3) is 5.53. The number of benzene rings is 1. The summed E-state index contributed by atoms with van der Waals surface area (Å²) >= 11 is 0. The van der Waals surface area contributed by atoms with Gasteiger partial charge in [0, 0.05) is 31.5 Å². The minimum absolute atomic E-state index is 0.0126. The topological polar surface area (TPSA) is 124 Å². The molecular formula is C28H35N5O5S. The summed E-state index contributed by atoms with van der Waals surface area (Å²) in [5, 5.41) is 6.28. The lowest BCUT2D eigenvalue weighted by atomic mass is 10.0. The Hall–Kier alpha value is -3.02. The van der Waals surface area contributed by atoms with Gasteiger partial charge >= 0.3 is 0 Å². The lowest BCUT2D eigenvalue weighted by Gasteiger charge is -2.25. The van der Waals surface area contributed by atoms with Crippen LogP contribution in [0.5, 0.6) is 0 Å². The van der Waals surface area contributed by atoms with E-state index in [9.17, 15) is 13.2 Å². The average molecular weight is 554 g/mol. The number of rotatable bonds is 7. The summed E-state index contributed by atoms with van der Waals surface area (Å²) in [7, 11) is -3.57. The first-order valence-corrected chi connectivity index (χ1v) is 15.7. The Labute approximate surface area is 228 Å². The van der Waals surface area contributed by atoms with Gasteiger partial charge in [0.2, 0.25) is 5.91 Å². The molecule has 6 rings (SSSR count). The van der Waals surface area contributed by atoms with Crippen molar-refractivity contribution < 1.29 is 22.7 Å². The number of hydrogen-bond donors (Lipinski definition) is 2. The van der Waals surface area contributed by atoms with Crippen molar-refractivity contribution in [1.82, 2.24) is 14.5 Å². The Kier molecular flexibility index (Phi) is 7.07. The summed E-state index contributed by atoms with van der Waals surface area (Å²) in [6.07, 6.45) is 8.50. The van der Waals surface area contributed by atoms with Gasteiger partial charge in [-0.3, -0.25) is 9.36 Å². The van der Waals surface area contributed by atoms with E-state index in [1.54, 1.807) is 18.2 Å². The number of carbonyl (C=O) groups excluding carboxylic acids is 1. The van der Waals surface area contributed by atoms with E-state index in [0.29, 0.717) is 41.6 Å². The normalized spacial score (nSPS) is 22.1. The molecular weight excluding hydrogens is 518 g/mol. The molecule has 2 unspecified atom stereocenters. The minimum Gasteiger partial charge on any atom is -0.374 e. The molecule has 2 aromatic heterocycles. The van der Waals surface area contributed by atoms with Gasteiger partial charge in [0.1, 0.15) is 23.4 Å². The van der Waals surface area contributed by atoms with Gasteiger partial charge in [0.15, 0.2) is 15.5 Å². The number of amides is 1. The van der Waals surface area contributed by atoms with Crippen LogP contribution in [-0.4, -0.2) is 48.3 Å². The van der Waals surface area contributed by atoms with Crippen LogP contribution in [-0.2, 0) is 24.1 Å². The minimum atomic E-state index is -3.57. The molecule has 3 fully saturated rings. The van der Waals surface area contributed by atoms with Gasteiger partial charge in [-0.1, -0.05) is 6.07 Å². The Balaban J connectivity index is 1.43. The standard InChI is InChI=1S/C28H35N5O5S/c1-17-29-26-21(30-20-12-11-19(15-23(20)39(2,35)36)22-7-3-5-13-37-22)16-24(32-28(34)18-9-10-18)31-27(26)33(17)25-8-4-6-14-38-25/h11-12,15-16,18,22,25H,3-10,13-14H2,1-2H3,(H2,30,31,32,34). The second kappa shape index (κ2) is 10.5. The lowest BCUT2D eigenvalue weighted by molar-refractivity contribution is -0.117. The molecule has 4 heterocycles. The molecule has 1 aliphatic carbocycles. The molecule has 3 aromatic rings. The zero-order chi connectivity index (χ0) is 27.1. The molecule has 2 aliphatic heterocycles. The number of nitrogens with one attached hydrogen (secondary N) is 2. The number of pyridine rings is 1. The maximum Gasteiger partial charge on any atom is 0.228 e. The highest BCUT2D eigenvalue weighted by Crippen LogP contribution is 2.37. The number of anilines is 3. The third-order valence-corrected chi connectivity index (χ3v) is 8.83. The second-order valence-electron chi connectivity index (χ2n) is 10.8. The van der Waals surface area contributed by atoms with Crippen molar-refractivity contribution in [2.45, 2.75) is 75.5 Å². The van der Waals surface area contributed by atoms with Crippen molar-refractivity contribution in [3.8, 4) is 0 Å². The molecule has 0 spiro atoms. The highest BCUT2D eigenvalue weighted by molar-refractivity contribution is 7.90. The highest BCUT2D eigenvalue weighted by atomic mass is 32.2. The van der Waals surface area contributed by atoms with Gasteiger partial charge in [-0.25, -0.2) is 18.4 Å². The van der Waals surface area contributed by atoms with E-state index in [2.05, 4.69) is 10.6 Å². The van der Waals surface area contributed by atoms with Gasteiger partial charge in [0.05, 0.1) is 22.4 Å². The van der Waals surface area contributed by atoms with E-state index in [4.69, 9.17) is 19.4 Å². The number of sulfone groups is 1. The van der Waals surface area contributed by atoms with Crippen LogP contribution in [0.2, 0.25) is 0 Å². The van der Waals surface area contributed by atoms with Crippen LogP contribution in [0.3, 0.4) is 0 Å². The first-order valence-electron chi connectivity index (χ1n) is 13.8. The van der Waals surface area contributed by atoms with Crippen molar-refractivity contribution in [1.29, 1.82) is 0 Å². The Morgan fingerprint density at radius 1 is 0.974 bits per heavy atom.